The molecule has 0 saturated heterocycles. The molecule has 0 bridgehead atoms. The predicted molar refractivity (Wildman–Crippen MR) is 173 cm³/mol. The molecule has 0 aliphatic heterocycles. The number of hydrogen-bond acceptors (Lipinski definition) is 6. The number of fused-ring (bicyclic) bond motifs is 1. The summed E-state index contributed by atoms with van der Waals surface area (Å²) in [6.07, 6.45) is 16.7. The first-order valence-electron chi connectivity index (χ1n) is 15.1. The molecule has 3 aromatic carbocycles. The molecule has 0 radical (unpaired) electrons. The van der Waals surface area contributed by atoms with Crippen molar-refractivity contribution in [1.82, 2.24) is 4.90 Å². The predicted octanol–water partition coefficient (Wildman–Crippen LogP) is 7.25. The minimum Gasteiger partial charge on any atom is -0.508 e. The van der Waals surface area contributed by atoms with Crippen molar-refractivity contribution in [2.75, 3.05) is 45.9 Å². The first kappa shape index (κ1) is 33.6. The van der Waals surface area contributed by atoms with Gasteiger partial charge in [-0.2, -0.15) is 0 Å². The van der Waals surface area contributed by atoms with Gasteiger partial charge >= 0.3 is 0 Å². The van der Waals surface area contributed by atoms with Gasteiger partial charge in [0.25, 0.3) is 0 Å². The number of ether oxygens (including phenoxy) is 3. The lowest BCUT2D eigenvalue weighted by Gasteiger charge is -2.34. The molecular weight excluding hydrogens is 543 g/mol. The van der Waals surface area contributed by atoms with Crippen molar-refractivity contribution in [2.24, 2.45) is 0 Å². The van der Waals surface area contributed by atoms with Crippen LogP contribution in [0.1, 0.15) is 55.7 Å². The highest BCUT2D eigenvalue weighted by atomic mass is 19.1. The molecule has 2 aliphatic rings. The Balaban J connectivity index is 0.000000322. The van der Waals surface area contributed by atoms with Crippen LogP contribution in [0.2, 0.25) is 0 Å². The summed E-state index contributed by atoms with van der Waals surface area (Å²) in [7, 11) is 5.35. The number of terminal acetylenes is 1. The van der Waals surface area contributed by atoms with Gasteiger partial charge in [-0.1, -0.05) is 18.6 Å². The first-order valence-corrected chi connectivity index (χ1v) is 15.1. The molecule has 1 N–H and O–H groups in total. The smallest absolute Gasteiger partial charge is 0.165 e. The van der Waals surface area contributed by atoms with Crippen LogP contribution in [-0.4, -0.2) is 57.0 Å². The Bertz CT molecular complexity index is 1310. The second-order valence-electron chi connectivity index (χ2n) is 10.9. The van der Waals surface area contributed by atoms with Gasteiger partial charge < -0.3 is 29.1 Å². The molecule has 232 valence electrons. The van der Waals surface area contributed by atoms with Crippen LogP contribution in [0.3, 0.4) is 0 Å². The van der Waals surface area contributed by atoms with E-state index < -0.39 is 0 Å². The number of methoxy groups -OCH3 is 2. The molecule has 1 saturated carbocycles. The van der Waals surface area contributed by atoms with Gasteiger partial charge in [0, 0.05) is 37.4 Å². The number of aryl methyl sites for hydroxylation is 2. The minimum atomic E-state index is -0.317. The minimum absolute atomic E-state index is 0.315. The summed E-state index contributed by atoms with van der Waals surface area (Å²) in [5.74, 6) is 1.77. The molecule has 7 heteroatoms. The van der Waals surface area contributed by atoms with Crippen molar-refractivity contribution >= 4 is 5.69 Å². The third kappa shape index (κ3) is 9.56. The molecule has 43 heavy (non-hydrogen) atoms. The van der Waals surface area contributed by atoms with Crippen molar-refractivity contribution < 1.29 is 23.7 Å². The first-order chi connectivity index (χ1) is 20.9. The number of aromatic hydroxyl groups is 1. The number of anilines is 1. The lowest BCUT2D eigenvalue weighted by molar-refractivity contribution is 0.134. The second-order valence-corrected chi connectivity index (χ2v) is 10.9. The molecule has 0 amide bonds. The largest absolute Gasteiger partial charge is 0.508 e. The quantitative estimate of drug-likeness (QED) is 0.238. The lowest BCUT2D eigenvalue weighted by Crippen LogP contribution is -2.39. The molecule has 0 unspecified atom stereocenters. The highest BCUT2D eigenvalue weighted by Gasteiger charge is 2.21. The zero-order chi connectivity index (χ0) is 31.2. The van der Waals surface area contributed by atoms with E-state index in [0.717, 1.165) is 30.8 Å². The van der Waals surface area contributed by atoms with Crippen LogP contribution in [0, 0.1) is 18.7 Å². The molecule has 2 aliphatic carbocycles. The summed E-state index contributed by atoms with van der Waals surface area (Å²) in [6.45, 7) is 4.75. The molecule has 5 rings (SSSR count). The fraction of sp³-hybridized carbons (Fsp3) is 0.444. The number of phenolic OH excluding ortho intramolecular Hbond substituents is 1. The second kappa shape index (κ2) is 17.3. The zero-order valence-corrected chi connectivity index (χ0v) is 26.2. The Labute approximate surface area is 257 Å². The lowest BCUT2D eigenvalue weighted by atomic mass is 9.92. The molecule has 0 atom stereocenters. The van der Waals surface area contributed by atoms with Crippen molar-refractivity contribution in [2.45, 2.75) is 64.5 Å². The van der Waals surface area contributed by atoms with Crippen LogP contribution in [0.4, 0.5) is 10.1 Å². The summed E-state index contributed by atoms with van der Waals surface area (Å²) in [4.78, 5) is 4.46. The SMILES string of the molecule is C#C.CCN(Cc1ccc(OCCN(C)C2CCC2)c(F)c1)c1ccc(OC)c(OC)c1.Oc1ccc2c(c1)CCCC2. The van der Waals surface area contributed by atoms with E-state index in [1.54, 1.807) is 32.4 Å². The highest BCUT2D eigenvalue weighted by molar-refractivity contribution is 5.56. The molecule has 3 aromatic rings. The summed E-state index contributed by atoms with van der Waals surface area (Å²) in [6, 6.07) is 17.4. The van der Waals surface area contributed by atoms with Gasteiger partial charge in [0.2, 0.25) is 0 Å². The number of benzene rings is 3. The van der Waals surface area contributed by atoms with Crippen LogP contribution in [0.15, 0.2) is 54.6 Å². The normalized spacial score (nSPS) is 13.8. The monoisotopic (exact) mass is 590 g/mol. The fourth-order valence-corrected chi connectivity index (χ4v) is 5.42. The van der Waals surface area contributed by atoms with E-state index in [9.17, 15) is 9.50 Å². The number of likely N-dealkylation sites (N-methyl/N-ethyl adjacent to an activating group) is 1. The Morgan fingerprint density at radius 3 is 2.19 bits per heavy atom. The Morgan fingerprint density at radius 1 is 0.860 bits per heavy atom. The highest BCUT2D eigenvalue weighted by Crippen LogP contribution is 2.32. The Kier molecular flexibility index (Phi) is 13.5. The average molecular weight is 591 g/mol. The molecule has 0 heterocycles. The Morgan fingerprint density at radius 2 is 1.56 bits per heavy atom. The van der Waals surface area contributed by atoms with Crippen molar-refractivity contribution in [3.8, 4) is 35.8 Å². The zero-order valence-electron chi connectivity index (χ0n) is 26.2. The number of nitrogens with zero attached hydrogens (tertiary/aromatic N) is 2. The topological polar surface area (TPSA) is 54.4 Å². The maximum atomic E-state index is 14.6. The van der Waals surface area contributed by atoms with E-state index in [1.165, 1.54) is 49.7 Å². The van der Waals surface area contributed by atoms with Gasteiger partial charge in [-0.15, -0.1) is 12.8 Å². The third-order valence-corrected chi connectivity index (χ3v) is 8.22. The van der Waals surface area contributed by atoms with Gasteiger partial charge in [0.15, 0.2) is 23.1 Å². The van der Waals surface area contributed by atoms with E-state index >= 15 is 0 Å². The summed E-state index contributed by atoms with van der Waals surface area (Å²) >= 11 is 0. The van der Waals surface area contributed by atoms with Crippen LogP contribution >= 0.6 is 0 Å². The summed E-state index contributed by atoms with van der Waals surface area (Å²) < 4.78 is 31.0. The molecule has 6 nitrogen and oxygen atoms in total. The van der Waals surface area contributed by atoms with E-state index in [4.69, 9.17) is 14.2 Å². The van der Waals surface area contributed by atoms with Gasteiger partial charge in [0.05, 0.1) is 14.2 Å². The fourth-order valence-electron chi connectivity index (χ4n) is 5.42. The van der Waals surface area contributed by atoms with Gasteiger partial charge in [-0.25, -0.2) is 4.39 Å². The van der Waals surface area contributed by atoms with Crippen LogP contribution in [0.5, 0.6) is 23.0 Å². The number of hydrogen-bond donors (Lipinski definition) is 1. The standard InChI is InChI=1S/C24H33FN2O3.C10H12O.C2H2/c1-5-27(20-10-12-23(28-3)24(16-20)29-4)17-18-9-11-22(21(25)15-18)30-14-13-26(2)19-7-6-8-19;11-10-6-5-8-3-1-2-4-9(8)7-10;1-2/h9-12,15-16,19H,5-8,13-14,17H2,1-4H3;5-7,11H,1-4H2;1-2H. The van der Waals surface area contributed by atoms with E-state index in [0.29, 0.717) is 42.2 Å². The van der Waals surface area contributed by atoms with E-state index in [-0.39, 0.29) is 5.82 Å². The number of halogens is 1. The molecule has 0 spiro atoms. The maximum Gasteiger partial charge on any atom is 0.165 e. The summed E-state index contributed by atoms with van der Waals surface area (Å²) in [5, 5.41) is 9.19. The third-order valence-electron chi connectivity index (χ3n) is 8.22. The van der Waals surface area contributed by atoms with Gasteiger partial charge in [-0.3, -0.25) is 0 Å². The van der Waals surface area contributed by atoms with Crippen LogP contribution in [0.25, 0.3) is 0 Å². The Hall–Kier alpha value is -3.89. The van der Waals surface area contributed by atoms with Gasteiger partial charge in [-0.05, 0) is 106 Å². The maximum absolute atomic E-state index is 14.6. The van der Waals surface area contributed by atoms with Crippen LogP contribution < -0.4 is 19.1 Å². The van der Waals surface area contributed by atoms with Crippen molar-refractivity contribution in [3.05, 3.63) is 77.1 Å². The molecular formula is C36H47FN2O4. The molecule has 1 fully saturated rings. The summed E-state index contributed by atoms with van der Waals surface area (Å²) in [5.41, 5.74) is 4.66. The van der Waals surface area contributed by atoms with Gasteiger partial charge in [0.1, 0.15) is 12.4 Å². The molecule has 0 aromatic heterocycles. The number of rotatable bonds is 11. The van der Waals surface area contributed by atoms with Crippen LogP contribution in [-0.2, 0) is 19.4 Å². The van der Waals surface area contributed by atoms with E-state index in [2.05, 4.69) is 36.6 Å². The van der Waals surface area contributed by atoms with E-state index in [1.807, 2.05) is 36.4 Å². The van der Waals surface area contributed by atoms with Crippen molar-refractivity contribution in [3.63, 3.8) is 0 Å². The number of phenols is 1. The van der Waals surface area contributed by atoms with Crippen molar-refractivity contribution in [1.29, 1.82) is 0 Å². The average Bonchev–Trinajstić information content (AvgIpc) is 3.01.